The van der Waals surface area contributed by atoms with Gasteiger partial charge in [0.2, 0.25) is 0 Å². The number of aromatic nitrogens is 3. The van der Waals surface area contributed by atoms with Crippen molar-refractivity contribution in [3.63, 3.8) is 0 Å². The lowest BCUT2D eigenvalue weighted by molar-refractivity contribution is 1.18. The van der Waals surface area contributed by atoms with Gasteiger partial charge >= 0.3 is 0 Å². The lowest BCUT2D eigenvalue weighted by Gasteiger charge is -2.27. The molecule has 5 heterocycles. The van der Waals surface area contributed by atoms with Crippen LogP contribution in [0.3, 0.4) is 0 Å². The van der Waals surface area contributed by atoms with Crippen molar-refractivity contribution in [2.24, 2.45) is 0 Å². The number of anilines is 3. The summed E-state index contributed by atoms with van der Waals surface area (Å²) in [4.78, 5) is 2.50. The number of benzene rings is 10. The molecule has 0 fully saturated rings. The molecule has 0 atom stereocenters. The molecule has 4 heteroatoms. The first kappa shape index (κ1) is 34.0. The summed E-state index contributed by atoms with van der Waals surface area (Å²) in [5.41, 5.74) is 16.7. The molecule has 0 saturated heterocycles. The van der Waals surface area contributed by atoms with Gasteiger partial charge in [-0.3, -0.25) is 0 Å². The van der Waals surface area contributed by atoms with Crippen molar-refractivity contribution in [3.8, 4) is 16.8 Å². The van der Waals surface area contributed by atoms with Crippen molar-refractivity contribution >= 4 is 115 Å². The van der Waals surface area contributed by atoms with Crippen molar-refractivity contribution in [1.82, 2.24) is 13.4 Å². The van der Waals surface area contributed by atoms with Gasteiger partial charge in [0.1, 0.15) is 0 Å². The minimum Gasteiger partial charge on any atom is -0.310 e. The Morgan fingerprint density at radius 2 is 0.609 bits per heavy atom. The largest absolute Gasteiger partial charge is 0.310 e. The number of nitrogens with zero attached hydrogens (tertiary/aromatic N) is 4. The van der Waals surface area contributed by atoms with Gasteiger partial charge in [0.05, 0.1) is 44.1 Å². The maximum Gasteiger partial charge on any atom is 0.0622 e. The summed E-state index contributed by atoms with van der Waals surface area (Å²) in [6, 6.07) is 80.8. The van der Waals surface area contributed by atoms with E-state index in [4.69, 9.17) is 0 Å². The second kappa shape index (κ2) is 12.5. The van der Waals surface area contributed by atoms with Crippen LogP contribution < -0.4 is 4.90 Å². The van der Waals surface area contributed by atoms with E-state index in [2.05, 4.69) is 237 Å². The van der Waals surface area contributed by atoms with E-state index < -0.39 is 0 Å². The fourth-order valence-electron chi connectivity index (χ4n) is 11.4. The quantitative estimate of drug-likeness (QED) is 0.169. The first-order valence-corrected chi connectivity index (χ1v) is 22.1. The van der Waals surface area contributed by atoms with E-state index in [1.807, 2.05) is 0 Å². The fourth-order valence-corrected chi connectivity index (χ4v) is 11.4. The molecule has 0 unspecified atom stereocenters. The van der Waals surface area contributed by atoms with Gasteiger partial charge in [-0.05, 0) is 96.1 Å². The van der Waals surface area contributed by atoms with Crippen molar-refractivity contribution in [1.29, 1.82) is 0 Å². The highest BCUT2D eigenvalue weighted by molar-refractivity contribution is 6.26. The average Bonchev–Trinajstić information content (AvgIpc) is 4.15. The normalized spacial score (nSPS) is 12.4. The summed E-state index contributed by atoms with van der Waals surface area (Å²) in [5, 5.41) is 12.6. The molecule has 0 aliphatic heterocycles. The van der Waals surface area contributed by atoms with Gasteiger partial charge in [-0.1, -0.05) is 133 Å². The molecule has 0 amide bonds. The SMILES string of the molecule is c1cc(-c2ccc(-n3c4ccccc4c4ccccc43)cc2)cc(N(c2cc3c4ccccc4n4c5ccccc5c(c2)c34)c2cc3c4ccccc4n4c5ccccc5c(c2)c34)c1. The minimum absolute atomic E-state index is 1.10. The first-order valence-electron chi connectivity index (χ1n) is 22.1. The summed E-state index contributed by atoms with van der Waals surface area (Å²) < 4.78 is 7.31. The molecule has 0 spiro atoms. The zero-order valence-electron chi connectivity index (χ0n) is 34.6. The van der Waals surface area contributed by atoms with E-state index in [1.54, 1.807) is 0 Å². The lowest BCUT2D eigenvalue weighted by atomic mass is 10.0. The van der Waals surface area contributed by atoms with Crippen LogP contribution in [-0.4, -0.2) is 13.4 Å². The fraction of sp³-hybridized carbons (Fsp3) is 0. The zero-order valence-corrected chi connectivity index (χ0v) is 34.6. The van der Waals surface area contributed by atoms with Crippen molar-refractivity contribution in [2.45, 2.75) is 0 Å². The standard InChI is InChI=1S/C60H36N4/c1-7-22-53-43(16-1)44-17-2-8-23-54(44)62(53)39-30-28-37(29-31-39)38-14-13-15-40(32-38)61(41-33-49-45-18-3-9-24-55(45)63-56-25-10-4-19-46(56)50(34-41)59(49)63)42-35-51-47-20-5-11-26-57(47)64-58-27-12-6-21-48(58)52(36-42)60(51)64/h1-36H. The highest BCUT2D eigenvalue weighted by atomic mass is 15.1. The van der Waals surface area contributed by atoms with Gasteiger partial charge in [0.15, 0.2) is 0 Å². The summed E-state index contributed by atoms with van der Waals surface area (Å²) in [6.07, 6.45) is 0. The maximum atomic E-state index is 2.50. The molecule has 64 heavy (non-hydrogen) atoms. The van der Waals surface area contributed by atoms with E-state index in [0.29, 0.717) is 0 Å². The van der Waals surface area contributed by atoms with Crippen LogP contribution in [0, 0.1) is 0 Å². The molecule has 5 aromatic heterocycles. The molecule has 0 N–H and O–H groups in total. The Bertz CT molecular complexity index is 3970. The predicted molar refractivity (Wildman–Crippen MR) is 270 cm³/mol. The second-order valence-corrected chi connectivity index (χ2v) is 17.3. The monoisotopic (exact) mass is 812 g/mol. The number of para-hydroxylation sites is 6. The third-order valence-corrected chi connectivity index (χ3v) is 14.0. The van der Waals surface area contributed by atoms with Gasteiger partial charge in [0.25, 0.3) is 0 Å². The Kier molecular flexibility index (Phi) is 6.65. The topological polar surface area (TPSA) is 17.0 Å². The van der Waals surface area contributed by atoms with Crippen LogP contribution in [0.2, 0.25) is 0 Å². The average molecular weight is 813 g/mol. The molecule has 0 bridgehead atoms. The Hall–Kier alpha value is -8.60. The van der Waals surface area contributed by atoms with Crippen LogP contribution in [0.25, 0.3) is 115 Å². The van der Waals surface area contributed by atoms with Gasteiger partial charge in [0, 0.05) is 76.6 Å². The van der Waals surface area contributed by atoms with Crippen LogP contribution in [0.5, 0.6) is 0 Å². The van der Waals surface area contributed by atoms with Crippen LogP contribution in [0.1, 0.15) is 0 Å². The number of fused-ring (bicyclic) bond motifs is 15. The zero-order chi connectivity index (χ0) is 41.6. The predicted octanol–water partition coefficient (Wildman–Crippen LogP) is 16.2. The molecule has 0 aliphatic carbocycles. The van der Waals surface area contributed by atoms with Gasteiger partial charge in [-0.15, -0.1) is 0 Å². The van der Waals surface area contributed by atoms with Crippen LogP contribution in [-0.2, 0) is 0 Å². The van der Waals surface area contributed by atoms with E-state index in [0.717, 1.165) is 28.3 Å². The smallest absolute Gasteiger partial charge is 0.0622 e. The lowest BCUT2D eigenvalue weighted by Crippen LogP contribution is -2.10. The number of rotatable bonds is 5. The van der Waals surface area contributed by atoms with Crippen molar-refractivity contribution in [2.75, 3.05) is 4.90 Å². The van der Waals surface area contributed by atoms with Crippen molar-refractivity contribution < 1.29 is 0 Å². The molecule has 15 rings (SSSR count). The Labute approximate surface area is 366 Å². The molecule has 15 aromatic rings. The Morgan fingerprint density at radius 3 is 1.02 bits per heavy atom. The van der Waals surface area contributed by atoms with Gasteiger partial charge in [-0.2, -0.15) is 0 Å². The van der Waals surface area contributed by atoms with Crippen LogP contribution in [0.4, 0.5) is 17.1 Å². The maximum absolute atomic E-state index is 2.50. The van der Waals surface area contributed by atoms with E-state index in [-0.39, 0.29) is 0 Å². The molecule has 296 valence electrons. The van der Waals surface area contributed by atoms with E-state index in [9.17, 15) is 0 Å². The van der Waals surface area contributed by atoms with Crippen LogP contribution in [0.15, 0.2) is 218 Å². The molecular formula is C60H36N4. The summed E-state index contributed by atoms with van der Waals surface area (Å²) in [6.45, 7) is 0. The van der Waals surface area contributed by atoms with Crippen LogP contribution >= 0.6 is 0 Å². The highest BCUT2D eigenvalue weighted by Gasteiger charge is 2.25. The Morgan fingerprint density at radius 1 is 0.250 bits per heavy atom. The molecule has 0 aliphatic rings. The minimum atomic E-state index is 1.10. The second-order valence-electron chi connectivity index (χ2n) is 17.3. The number of hydrogen-bond acceptors (Lipinski definition) is 1. The molecule has 0 radical (unpaired) electrons. The summed E-state index contributed by atoms with van der Waals surface area (Å²) in [7, 11) is 0. The van der Waals surface area contributed by atoms with E-state index >= 15 is 0 Å². The Balaban J connectivity index is 0.978. The third-order valence-electron chi connectivity index (χ3n) is 14.0. The number of hydrogen-bond donors (Lipinski definition) is 0. The first-order chi connectivity index (χ1) is 31.8. The molecule has 4 nitrogen and oxygen atoms in total. The van der Waals surface area contributed by atoms with Gasteiger partial charge in [-0.25, -0.2) is 0 Å². The summed E-state index contributed by atoms with van der Waals surface area (Å²) in [5.74, 6) is 0. The molecule has 10 aromatic carbocycles. The molecular weight excluding hydrogens is 777 g/mol. The highest BCUT2D eigenvalue weighted by Crippen LogP contribution is 2.48. The van der Waals surface area contributed by atoms with E-state index in [1.165, 1.54) is 104 Å². The molecule has 0 saturated carbocycles. The third kappa shape index (κ3) is 4.46. The van der Waals surface area contributed by atoms with Gasteiger partial charge < -0.3 is 18.3 Å². The summed E-state index contributed by atoms with van der Waals surface area (Å²) >= 11 is 0. The van der Waals surface area contributed by atoms with Crippen molar-refractivity contribution in [3.05, 3.63) is 218 Å².